The fourth-order valence-electron chi connectivity index (χ4n) is 5.82. The summed E-state index contributed by atoms with van der Waals surface area (Å²) >= 11 is 1.27. The lowest BCUT2D eigenvalue weighted by Gasteiger charge is -2.43. The van der Waals surface area contributed by atoms with Crippen molar-refractivity contribution in [3.63, 3.8) is 0 Å². The highest BCUT2D eigenvalue weighted by Gasteiger charge is 2.50. The molecule has 4 N–H and O–H groups in total. The molecule has 0 fully saturated rings. The zero-order valence-electron chi connectivity index (χ0n) is 31.3. The highest BCUT2D eigenvalue weighted by atomic mass is 32.1. The fraction of sp³-hybridized carbons (Fsp3) is 0.359. The van der Waals surface area contributed by atoms with Crippen LogP contribution in [0.5, 0.6) is 0 Å². The maximum absolute atomic E-state index is 13.5. The van der Waals surface area contributed by atoms with Gasteiger partial charge in [-0.1, -0.05) is 81.4 Å². The van der Waals surface area contributed by atoms with Gasteiger partial charge in [0.15, 0.2) is 0 Å². The van der Waals surface area contributed by atoms with Crippen molar-refractivity contribution >= 4 is 59.6 Å². The third-order valence-corrected chi connectivity index (χ3v) is 14.3. The number of carbonyl (C=O) groups excluding carboxylic acids is 4. The van der Waals surface area contributed by atoms with Gasteiger partial charge in [0, 0.05) is 16.1 Å². The molecule has 0 spiro atoms. The molecule has 12 nitrogen and oxygen atoms in total. The third kappa shape index (κ3) is 10.2. The Morgan fingerprint density at radius 3 is 1.89 bits per heavy atom. The van der Waals surface area contributed by atoms with Crippen LogP contribution in [-0.4, -0.2) is 80.3 Å². The first-order valence-electron chi connectivity index (χ1n) is 17.1. The number of hydrogen-bond donors (Lipinski definition) is 4. The van der Waals surface area contributed by atoms with Gasteiger partial charge in [0.05, 0.1) is 20.3 Å². The lowest BCUT2D eigenvalue weighted by Crippen LogP contribution is -2.68. The Labute approximate surface area is 315 Å². The molecule has 282 valence electrons. The number of aliphatic hydroxyl groups is 1. The number of ether oxygens (including phenoxy) is 2. The minimum Gasteiger partial charge on any atom is -0.467 e. The number of nitrogens with zero attached hydrogens (tertiary/aromatic N) is 1. The van der Waals surface area contributed by atoms with Crippen LogP contribution >= 0.6 is 11.3 Å². The van der Waals surface area contributed by atoms with Gasteiger partial charge >= 0.3 is 12.1 Å². The highest BCUT2D eigenvalue weighted by molar-refractivity contribution is 7.15. The summed E-state index contributed by atoms with van der Waals surface area (Å²) in [5.41, 5.74) is 0.656. The van der Waals surface area contributed by atoms with Crippen LogP contribution in [0.25, 0.3) is 10.6 Å². The molecular weight excluding hydrogens is 713 g/mol. The molecule has 2 atom stereocenters. The van der Waals surface area contributed by atoms with Gasteiger partial charge in [0.2, 0.25) is 5.91 Å². The van der Waals surface area contributed by atoms with E-state index in [2.05, 4.69) is 41.7 Å². The summed E-state index contributed by atoms with van der Waals surface area (Å²) in [6, 6.07) is 23.9. The van der Waals surface area contributed by atoms with E-state index < -0.39 is 61.5 Å². The Morgan fingerprint density at radius 1 is 0.830 bits per heavy atom. The summed E-state index contributed by atoms with van der Waals surface area (Å²) in [4.78, 5) is 57.2. The van der Waals surface area contributed by atoms with Gasteiger partial charge in [0.25, 0.3) is 14.2 Å². The third-order valence-electron chi connectivity index (χ3n) is 8.28. The topological polar surface area (TPSA) is 165 Å². The molecule has 4 aromatic rings. The summed E-state index contributed by atoms with van der Waals surface area (Å²) in [5.74, 6) is -2.23. The van der Waals surface area contributed by atoms with Crippen LogP contribution in [-0.2, 0) is 23.5 Å². The minimum absolute atomic E-state index is 0.0757. The van der Waals surface area contributed by atoms with Crippen LogP contribution in [0.2, 0.25) is 5.04 Å². The van der Waals surface area contributed by atoms with E-state index in [1.807, 2.05) is 60.7 Å². The maximum atomic E-state index is 13.5. The first-order valence-corrected chi connectivity index (χ1v) is 19.8. The van der Waals surface area contributed by atoms with Crippen molar-refractivity contribution in [3.8, 4) is 10.6 Å². The molecule has 14 heteroatoms. The molecular formula is C39H48N4O8SSi. The van der Waals surface area contributed by atoms with Crippen molar-refractivity contribution in [2.75, 3.05) is 25.6 Å². The Kier molecular flexibility index (Phi) is 13.3. The summed E-state index contributed by atoms with van der Waals surface area (Å²) in [6.45, 7) is 12.3. The molecule has 0 aliphatic carbocycles. The monoisotopic (exact) mass is 760 g/mol. The maximum Gasteiger partial charge on any atom is 0.412 e. The lowest BCUT2D eigenvalue weighted by molar-refractivity contribution is -0.146. The average molecular weight is 761 g/mol. The van der Waals surface area contributed by atoms with Gasteiger partial charge in [-0.3, -0.25) is 14.9 Å². The largest absolute Gasteiger partial charge is 0.467 e. The Bertz CT molecular complexity index is 1830. The molecule has 1 heterocycles. The van der Waals surface area contributed by atoms with E-state index in [1.165, 1.54) is 18.4 Å². The molecule has 3 aromatic carbocycles. The number of aromatic nitrogens is 1. The zero-order chi connectivity index (χ0) is 39.0. The molecule has 53 heavy (non-hydrogen) atoms. The summed E-state index contributed by atoms with van der Waals surface area (Å²) in [7, 11) is -1.88. The number of carbonyl (C=O) groups is 4. The standard InChI is InChI=1S/C39H48N4O8SSi/c1-25-32(43-35(52-25)26-19-21-27(22-20-26)40-37(48)51-38(2,3)4)34(46)41-30(23-44)33(45)42-31(36(47)49-8)24-50-53(39(5,6)7,28-15-11-9-12-16-28)29-17-13-10-14-18-29/h9-22,30-31,44H,23-24H2,1-8H3,(H,40,48)(H,41,46)(H,42,45)/t30-,31-/m0/s1. The van der Waals surface area contributed by atoms with Crippen molar-refractivity contribution in [2.24, 2.45) is 0 Å². The number of thiazole rings is 1. The van der Waals surface area contributed by atoms with Crippen molar-refractivity contribution in [1.82, 2.24) is 15.6 Å². The quantitative estimate of drug-likeness (QED) is 0.111. The molecule has 0 bridgehead atoms. The van der Waals surface area contributed by atoms with Crippen LogP contribution in [0, 0.1) is 6.92 Å². The molecule has 1 aromatic heterocycles. The number of aryl methyl sites for hydroxylation is 1. The number of aliphatic hydroxyl groups excluding tert-OH is 1. The van der Waals surface area contributed by atoms with E-state index in [1.54, 1.807) is 52.0 Å². The second kappa shape index (κ2) is 17.3. The molecule has 0 saturated heterocycles. The zero-order valence-corrected chi connectivity index (χ0v) is 33.1. The lowest BCUT2D eigenvalue weighted by atomic mass is 10.2. The van der Waals surface area contributed by atoms with Crippen LogP contribution in [0.15, 0.2) is 84.9 Å². The number of esters is 1. The Morgan fingerprint density at radius 2 is 1.40 bits per heavy atom. The van der Waals surface area contributed by atoms with E-state index >= 15 is 0 Å². The molecule has 0 radical (unpaired) electrons. The molecule has 3 amide bonds. The number of anilines is 1. The number of amides is 3. The van der Waals surface area contributed by atoms with Crippen LogP contribution in [0.1, 0.15) is 56.9 Å². The molecule has 0 saturated carbocycles. The first kappa shape index (κ1) is 40.9. The van der Waals surface area contributed by atoms with Gasteiger partial charge < -0.3 is 29.6 Å². The van der Waals surface area contributed by atoms with E-state index in [0.717, 1.165) is 10.4 Å². The summed E-state index contributed by atoms with van der Waals surface area (Å²) < 4.78 is 17.2. The van der Waals surface area contributed by atoms with Crippen molar-refractivity contribution in [1.29, 1.82) is 0 Å². The molecule has 0 aliphatic heterocycles. The predicted molar refractivity (Wildman–Crippen MR) is 208 cm³/mol. The van der Waals surface area contributed by atoms with Crippen molar-refractivity contribution in [3.05, 3.63) is 95.5 Å². The van der Waals surface area contributed by atoms with Crippen LogP contribution in [0.3, 0.4) is 0 Å². The number of hydrogen-bond acceptors (Lipinski definition) is 10. The van der Waals surface area contributed by atoms with Gasteiger partial charge in [-0.2, -0.15) is 0 Å². The average Bonchev–Trinajstić information content (AvgIpc) is 3.51. The van der Waals surface area contributed by atoms with Gasteiger partial charge in [-0.15, -0.1) is 11.3 Å². The van der Waals surface area contributed by atoms with Gasteiger partial charge in [-0.25, -0.2) is 14.6 Å². The summed E-state index contributed by atoms with van der Waals surface area (Å²) in [6.07, 6.45) is -0.582. The van der Waals surface area contributed by atoms with Gasteiger partial charge in [0.1, 0.15) is 28.4 Å². The second-order valence-electron chi connectivity index (χ2n) is 14.4. The molecule has 4 rings (SSSR count). The normalized spacial score (nSPS) is 13.0. The number of benzene rings is 3. The van der Waals surface area contributed by atoms with Gasteiger partial charge in [-0.05, 0) is 67.4 Å². The smallest absolute Gasteiger partial charge is 0.412 e. The van der Waals surface area contributed by atoms with E-state index in [0.29, 0.717) is 21.1 Å². The SMILES string of the molecule is COC(=O)[C@H](CO[Si](c1ccccc1)(c1ccccc1)C(C)(C)C)NC(=O)[C@H](CO)NC(=O)c1nc(-c2ccc(NC(=O)OC(C)(C)C)cc2)sc1C. The number of nitrogens with one attached hydrogen (secondary N) is 3. The Hall–Kier alpha value is -4.89. The fourth-order valence-corrected chi connectivity index (χ4v) is 11.3. The van der Waals surface area contributed by atoms with Crippen molar-refractivity contribution in [2.45, 2.75) is 71.2 Å². The van der Waals surface area contributed by atoms with E-state index in [4.69, 9.17) is 13.9 Å². The second-order valence-corrected chi connectivity index (χ2v) is 19.9. The van der Waals surface area contributed by atoms with Crippen LogP contribution < -0.4 is 26.3 Å². The van der Waals surface area contributed by atoms with E-state index in [9.17, 15) is 24.3 Å². The van der Waals surface area contributed by atoms with Crippen LogP contribution in [0.4, 0.5) is 10.5 Å². The molecule has 0 unspecified atom stereocenters. The van der Waals surface area contributed by atoms with Crippen molar-refractivity contribution < 1.29 is 38.2 Å². The highest BCUT2D eigenvalue weighted by Crippen LogP contribution is 2.37. The number of methoxy groups -OCH3 is 1. The summed E-state index contributed by atoms with van der Waals surface area (Å²) in [5, 5.41) is 20.2. The number of rotatable bonds is 13. The molecule has 0 aliphatic rings. The minimum atomic E-state index is -3.09. The Balaban J connectivity index is 1.49. The predicted octanol–water partition coefficient (Wildman–Crippen LogP) is 4.79. The first-order chi connectivity index (χ1) is 25.0. The van der Waals surface area contributed by atoms with E-state index in [-0.39, 0.29) is 12.3 Å².